The van der Waals surface area contributed by atoms with Gasteiger partial charge in [0.05, 0.1) is 29.8 Å². The third kappa shape index (κ3) is 6.33. The van der Waals surface area contributed by atoms with Crippen LogP contribution in [0.15, 0.2) is 108 Å². The van der Waals surface area contributed by atoms with Crippen LogP contribution in [0.25, 0.3) is 22.3 Å². The van der Waals surface area contributed by atoms with Crippen molar-refractivity contribution in [2.45, 2.75) is 31.2 Å². The Morgan fingerprint density at radius 1 is 0.956 bits per heavy atom. The highest BCUT2D eigenvalue weighted by atomic mass is 32.2. The van der Waals surface area contributed by atoms with Gasteiger partial charge in [0.15, 0.2) is 0 Å². The molecule has 1 aliphatic heterocycles. The average Bonchev–Trinajstić information content (AvgIpc) is 3.47. The Morgan fingerprint density at radius 3 is 2.24 bits per heavy atom. The van der Waals surface area contributed by atoms with Gasteiger partial charge in [-0.05, 0) is 66.8 Å². The maximum atomic E-state index is 14.4. The second-order valence-corrected chi connectivity index (χ2v) is 12.1. The number of piperidine rings is 1. The summed E-state index contributed by atoms with van der Waals surface area (Å²) in [5.41, 5.74) is 4.50. The molecule has 1 aromatic heterocycles. The molecule has 2 amide bonds. The van der Waals surface area contributed by atoms with Gasteiger partial charge in [-0.25, -0.2) is 4.39 Å². The van der Waals surface area contributed by atoms with E-state index in [0.29, 0.717) is 34.4 Å². The molecule has 6 nitrogen and oxygen atoms in total. The molecule has 0 bridgehead atoms. The summed E-state index contributed by atoms with van der Waals surface area (Å²) in [6.45, 7) is 1.36. The summed E-state index contributed by atoms with van der Waals surface area (Å²) in [5.74, 6) is -0.482. The van der Waals surface area contributed by atoms with Crippen LogP contribution in [0.1, 0.15) is 46.7 Å². The van der Waals surface area contributed by atoms with E-state index in [1.165, 1.54) is 12.1 Å². The number of nitrogens with zero attached hydrogens (tertiary/aromatic N) is 2. The first-order valence-corrected chi connectivity index (χ1v) is 16.4. The zero-order valence-corrected chi connectivity index (χ0v) is 26.2. The van der Waals surface area contributed by atoms with E-state index in [1.807, 2.05) is 85.1 Å². The van der Waals surface area contributed by atoms with Gasteiger partial charge in [0.1, 0.15) is 17.2 Å². The van der Waals surface area contributed by atoms with E-state index in [4.69, 9.17) is 4.42 Å². The molecule has 1 fully saturated rings. The van der Waals surface area contributed by atoms with E-state index < -0.39 is 0 Å². The quantitative estimate of drug-likeness (QED) is 0.170. The Bertz CT molecular complexity index is 1740. The molecule has 0 spiro atoms. The minimum Gasteiger partial charge on any atom is -0.455 e. The lowest BCUT2D eigenvalue weighted by Gasteiger charge is -2.40. The lowest BCUT2D eigenvalue weighted by Crippen LogP contribution is -2.50. The molecule has 0 saturated carbocycles. The summed E-state index contributed by atoms with van der Waals surface area (Å²) >= 11 is 1.59. The third-order valence-electron chi connectivity index (χ3n) is 8.54. The molecular formula is C37H36FN3O3S. The van der Waals surface area contributed by atoms with Crippen LogP contribution >= 0.6 is 11.9 Å². The van der Waals surface area contributed by atoms with Crippen molar-refractivity contribution in [3.63, 3.8) is 0 Å². The number of hydrogen-bond acceptors (Lipinski definition) is 5. The number of likely N-dealkylation sites (tertiary alicyclic amines) is 1. The molecule has 1 aliphatic rings. The van der Waals surface area contributed by atoms with Crippen LogP contribution in [-0.4, -0.2) is 49.1 Å². The average molecular weight is 622 g/mol. The second kappa shape index (κ2) is 13.6. The van der Waals surface area contributed by atoms with E-state index >= 15 is 0 Å². The van der Waals surface area contributed by atoms with Crippen molar-refractivity contribution in [1.29, 1.82) is 0 Å². The van der Waals surface area contributed by atoms with Gasteiger partial charge in [0, 0.05) is 36.9 Å². The minimum absolute atomic E-state index is 0.0251. The molecule has 2 heterocycles. The Kier molecular flexibility index (Phi) is 9.21. The Labute approximate surface area is 267 Å². The number of fused-ring (bicyclic) bond motifs is 1. The van der Waals surface area contributed by atoms with Crippen molar-refractivity contribution in [3.8, 4) is 11.3 Å². The summed E-state index contributed by atoms with van der Waals surface area (Å²) in [6.07, 6.45) is 4.98. The zero-order valence-electron chi connectivity index (χ0n) is 25.4. The van der Waals surface area contributed by atoms with Gasteiger partial charge in [-0.2, -0.15) is 0 Å². The van der Waals surface area contributed by atoms with Crippen LogP contribution in [0.4, 0.5) is 10.1 Å². The van der Waals surface area contributed by atoms with Gasteiger partial charge in [-0.3, -0.25) is 9.59 Å². The molecule has 6 rings (SSSR count). The number of furan rings is 1. The van der Waals surface area contributed by atoms with Gasteiger partial charge in [0.2, 0.25) is 5.91 Å². The molecule has 1 atom stereocenters. The molecule has 1 unspecified atom stereocenters. The highest BCUT2D eigenvalue weighted by Crippen LogP contribution is 2.37. The van der Waals surface area contributed by atoms with Gasteiger partial charge < -0.3 is 18.9 Å². The lowest BCUT2D eigenvalue weighted by atomic mass is 9.88. The molecule has 1 N–H and O–H groups in total. The van der Waals surface area contributed by atoms with Crippen molar-refractivity contribution in [2.75, 3.05) is 30.7 Å². The highest BCUT2D eigenvalue weighted by molar-refractivity contribution is 7.99. The monoisotopic (exact) mass is 621 g/mol. The number of rotatable bonds is 9. The second-order valence-electron chi connectivity index (χ2n) is 11.3. The first-order chi connectivity index (χ1) is 22.0. The fraction of sp³-hybridized carbons (Fsp3) is 0.243. The summed E-state index contributed by atoms with van der Waals surface area (Å²) < 4.78 is 22.1. The van der Waals surface area contributed by atoms with E-state index in [1.54, 1.807) is 31.1 Å². The topological polar surface area (TPSA) is 65.8 Å². The van der Waals surface area contributed by atoms with E-state index in [2.05, 4.69) is 14.5 Å². The standard InChI is InChI=1S/C37H36FN3O3S/c1-39-36(42)34-31-21-20-29(23-32(31)44-35(34)27-16-18-28(38)19-17-27)41(45-2)24-30-15-9-10-22-40(30)37(43)33(25-11-5-3-6-12-25)26-13-7-4-8-14-26/h3-8,11-14,16-21,23,30,33H,9-10,15,22,24H2,1-2H3,(H,39,42). The van der Waals surface area contributed by atoms with Gasteiger partial charge in [-0.15, -0.1) is 0 Å². The zero-order chi connectivity index (χ0) is 31.3. The first-order valence-electron chi connectivity index (χ1n) is 15.2. The lowest BCUT2D eigenvalue weighted by molar-refractivity contribution is -0.135. The molecule has 45 heavy (non-hydrogen) atoms. The van der Waals surface area contributed by atoms with Crippen LogP contribution in [-0.2, 0) is 4.79 Å². The maximum absolute atomic E-state index is 14.4. The van der Waals surface area contributed by atoms with Gasteiger partial charge in [-0.1, -0.05) is 72.6 Å². The Balaban J connectivity index is 1.31. The van der Waals surface area contributed by atoms with Gasteiger partial charge >= 0.3 is 0 Å². The number of anilines is 1. The number of nitrogens with one attached hydrogen (secondary N) is 1. The molecule has 0 aliphatic carbocycles. The van der Waals surface area contributed by atoms with Crippen molar-refractivity contribution >= 4 is 40.4 Å². The fourth-order valence-corrected chi connectivity index (χ4v) is 6.93. The van der Waals surface area contributed by atoms with Crippen molar-refractivity contribution < 1.29 is 18.4 Å². The number of carbonyl (C=O) groups is 2. The van der Waals surface area contributed by atoms with Crippen molar-refractivity contribution in [3.05, 3.63) is 126 Å². The predicted molar refractivity (Wildman–Crippen MR) is 180 cm³/mol. The number of benzene rings is 4. The molecule has 230 valence electrons. The number of carbonyl (C=O) groups excluding carboxylic acids is 2. The molecule has 8 heteroatoms. The number of halogens is 1. The molecule has 0 radical (unpaired) electrons. The summed E-state index contributed by atoms with van der Waals surface area (Å²) in [6, 6.07) is 31.9. The molecular weight excluding hydrogens is 585 g/mol. The Morgan fingerprint density at radius 2 is 1.62 bits per heavy atom. The van der Waals surface area contributed by atoms with Gasteiger partial charge in [0.25, 0.3) is 5.91 Å². The first kappa shape index (κ1) is 30.5. The molecule has 4 aromatic carbocycles. The largest absolute Gasteiger partial charge is 0.455 e. The Hall–Kier alpha value is -4.56. The van der Waals surface area contributed by atoms with Crippen LogP contribution in [0.3, 0.4) is 0 Å². The van der Waals surface area contributed by atoms with Crippen LogP contribution < -0.4 is 9.62 Å². The highest BCUT2D eigenvalue weighted by Gasteiger charge is 2.34. The van der Waals surface area contributed by atoms with Crippen LogP contribution in [0.5, 0.6) is 0 Å². The van der Waals surface area contributed by atoms with Crippen LogP contribution in [0.2, 0.25) is 0 Å². The van der Waals surface area contributed by atoms with E-state index in [0.717, 1.165) is 42.6 Å². The predicted octanol–water partition coefficient (Wildman–Crippen LogP) is 7.90. The summed E-state index contributed by atoms with van der Waals surface area (Å²) in [5, 5.41) is 3.39. The third-order valence-corrected chi connectivity index (χ3v) is 9.34. The van der Waals surface area contributed by atoms with E-state index in [-0.39, 0.29) is 29.6 Å². The van der Waals surface area contributed by atoms with Crippen molar-refractivity contribution in [1.82, 2.24) is 10.2 Å². The van der Waals surface area contributed by atoms with Crippen molar-refractivity contribution in [2.24, 2.45) is 0 Å². The fourth-order valence-electron chi connectivity index (χ4n) is 6.29. The van der Waals surface area contributed by atoms with E-state index in [9.17, 15) is 14.0 Å². The smallest absolute Gasteiger partial charge is 0.255 e. The number of amides is 2. The number of hydrogen-bond donors (Lipinski definition) is 1. The van der Waals surface area contributed by atoms with Crippen LogP contribution in [0, 0.1) is 5.82 Å². The normalized spacial score (nSPS) is 14.9. The molecule has 1 saturated heterocycles. The summed E-state index contributed by atoms with van der Waals surface area (Å²) in [7, 11) is 1.58. The maximum Gasteiger partial charge on any atom is 0.255 e. The summed E-state index contributed by atoms with van der Waals surface area (Å²) in [4.78, 5) is 29.4. The molecule has 5 aromatic rings. The SMILES string of the molecule is CNC(=O)c1c(-c2ccc(F)cc2)oc2cc(N(CC3CCCCN3C(=O)C(c3ccccc3)c3ccccc3)SC)ccc12. The minimum atomic E-state index is -0.372.